The molecule has 1 heterocycles. The van der Waals surface area contributed by atoms with Crippen molar-refractivity contribution in [2.24, 2.45) is 5.73 Å². The van der Waals surface area contributed by atoms with E-state index in [1.807, 2.05) is 42.5 Å². The van der Waals surface area contributed by atoms with Crippen LogP contribution in [0.25, 0.3) is 0 Å². The molecule has 1 amide bonds. The van der Waals surface area contributed by atoms with E-state index in [1.165, 1.54) is 0 Å². The Morgan fingerprint density at radius 1 is 1.26 bits per heavy atom. The molecule has 2 unspecified atom stereocenters. The number of carbonyl (C=O) groups is 2. The SMILES string of the molecule is CC(CN1Cc2ccc(CCC(=O)F)cc2C1C(N)=O)c1ccc(Cl)cc1. The molecular weight excluding hydrogens is 367 g/mol. The van der Waals surface area contributed by atoms with Crippen LogP contribution in [0.3, 0.4) is 0 Å². The summed E-state index contributed by atoms with van der Waals surface area (Å²) < 4.78 is 12.5. The van der Waals surface area contributed by atoms with E-state index in [-0.39, 0.29) is 12.3 Å². The van der Waals surface area contributed by atoms with Gasteiger partial charge in [0.1, 0.15) is 6.04 Å². The average molecular weight is 389 g/mol. The maximum atomic E-state index is 12.5. The Morgan fingerprint density at radius 2 is 1.96 bits per heavy atom. The van der Waals surface area contributed by atoms with Gasteiger partial charge in [-0.25, -0.2) is 0 Å². The predicted molar refractivity (Wildman–Crippen MR) is 103 cm³/mol. The van der Waals surface area contributed by atoms with Gasteiger partial charge < -0.3 is 5.73 Å². The Balaban J connectivity index is 1.79. The third kappa shape index (κ3) is 4.54. The summed E-state index contributed by atoms with van der Waals surface area (Å²) in [6, 6.07) is 11.5. The molecule has 2 aromatic rings. The first-order valence-corrected chi connectivity index (χ1v) is 9.32. The van der Waals surface area contributed by atoms with Crippen LogP contribution in [0.5, 0.6) is 0 Å². The predicted octanol–water partition coefficient (Wildman–Crippen LogP) is 3.91. The van der Waals surface area contributed by atoms with Gasteiger partial charge in [0.25, 0.3) is 0 Å². The number of carbonyl (C=O) groups excluding carboxylic acids is 2. The lowest BCUT2D eigenvalue weighted by Gasteiger charge is -2.26. The van der Waals surface area contributed by atoms with Crippen LogP contribution in [-0.4, -0.2) is 23.4 Å². The number of primary amides is 1. The average Bonchev–Trinajstić information content (AvgIpc) is 2.97. The molecule has 3 rings (SSSR count). The van der Waals surface area contributed by atoms with Crippen LogP contribution in [0.2, 0.25) is 5.02 Å². The number of hydrogen-bond donors (Lipinski definition) is 1. The monoisotopic (exact) mass is 388 g/mol. The van der Waals surface area contributed by atoms with Crippen LogP contribution < -0.4 is 5.73 Å². The molecule has 0 aliphatic carbocycles. The Labute approximate surface area is 163 Å². The van der Waals surface area contributed by atoms with Gasteiger partial charge in [0, 0.05) is 24.5 Å². The normalized spacial score (nSPS) is 17.5. The van der Waals surface area contributed by atoms with Crippen molar-refractivity contribution in [2.75, 3.05) is 6.54 Å². The second-order valence-electron chi connectivity index (χ2n) is 7.08. The molecule has 0 radical (unpaired) electrons. The molecule has 2 atom stereocenters. The van der Waals surface area contributed by atoms with Crippen LogP contribution in [0.1, 0.15) is 47.6 Å². The molecule has 0 bridgehead atoms. The highest BCUT2D eigenvalue weighted by atomic mass is 35.5. The zero-order valence-corrected chi connectivity index (χ0v) is 15.9. The maximum Gasteiger partial charge on any atom is 0.301 e. The second kappa shape index (κ2) is 8.19. The van der Waals surface area contributed by atoms with Crippen LogP contribution in [-0.2, 0) is 22.6 Å². The fourth-order valence-electron chi connectivity index (χ4n) is 3.70. The van der Waals surface area contributed by atoms with E-state index >= 15 is 0 Å². The minimum atomic E-state index is -1.33. The van der Waals surface area contributed by atoms with Crippen LogP contribution in [0.4, 0.5) is 4.39 Å². The number of hydrogen-bond acceptors (Lipinski definition) is 3. The lowest BCUT2D eigenvalue weighted by molar-refractivity contribution is -0.129. The third-order valence-corrected chi connectivity index (χ3v) is 5.32. The molecule has 27 heavy (non-hydrogen) atoms. The topological polar surface area (TPSA) is 63.4 Å². The lowest BCUT2D eigenvalue weighted by atomic mass is 9.98. The van der Waals surface area contributed by atoms with Crippen molar-refractivity contribution in [2.45, 2.75) is 38.3 Å². The smallest absolute Gasteiger partial charge is 0.301 e. The molecule has 0 fully saturated rings. The molecule has 6 heteroatoms. The van der Waals surface area contributed by atoms with Crippen molar-refractivity contribution in [1.29, 1.82) is 0 Å². The zero-order chi connectivity index (χ0) is 19.6. The Kier molecular flexibility index (Phi) is 5.92. The van der Waals surface area contributed by atoms with Gasteiger partial charge in [0.2, 0.25) is 5.91 Å². The summed E-state index contributed by atoms with van der Waals surface area (Å²) in [5, 5.41) is 0.689. The minimum Gasteiger partial charge on any atom is -0.368 e. The van der Waals surface area contributed by atoms with Gasteiger partial charge in [-0.3, -0.25) is 14.5 Å². The van der Waals surface area contributed by atoms with Crippen LogP contribution >= 0.6 is 11.6 Å². The molecule has 2 N–H and O–H groups in total. The molecule has 0 aromatic heterocycles. The van der Waals surface area contributed by atoms with Crippen molar-refractivity contribution in [3.05, 3.63) is 69.7 Å². The fourth-order valence-corrected chi connectivity index (χ4v) is 3.83. The Hall–Kier alpha value is -2.24. The first-order chi connectivity index (χ1) is 12.8. The van der Waals surface area contributed by atoms with E-state index in [4.69, 9.17) is 17.3 Å². The van der Waals surface area contributed by atoms with Crippen molar-refractivity contribution in [3.8, 4) is 0 Å². The minimum absolute atomic E-state index is 0.155. The molecule has 4 nitrogen and oxygen atoms in total. The molecule has 2 aromatic carbocycles. The van der Waals surface area contributed by atoms with E-state index in [2.05, 4.69) is 11.8 Å². The number of rotatable bonds is 7. The lowest BCUT2D eigenvalue weighted by Crippen LogP contribution is -2.35. The first-order valence-electron chi connectivity index (χ1n) is 8.94. The summed E-state index contributed by atoms with van der Waals surface area (Å²) in [5.74, 6) is -0.210. The molecule has 0 saturated carbocycles. The number of benzene rings is 2. The van der Waals surface area contributed by atoms with E-state index < -0.39 is 18.0 Å². The van der Waals surface area contributed by atoms with Crippen molar-refractivity contribution in [3.63, 3.8) is 0 Å². The number of nitrogens with zero attached hydrogens (tertiary/aromatic N) is 1. The van der Waals surface area contributed by atoms with Crippen molar-refractivity contribution in [1.82, 2.24) is 4.90 Å². The Bertz CT molecular complexity index is 854. The van der Waals surface area contributed by atoms with E-state index in [1.54, 1.807) is 0 Å². The molecule has 1 aliphatic rings. The maximum absolute atomic E-state index is 12.5. The summed E-state index contributed by atoms with van der Waals surface area (Å²) in [5.41, 5.74) is 9.56. The van der Waals surface area contributed by atoms with Crippen molar-refractivity contribution >= 4 is 23.5 Å². The van der Waals surface area contributed by atoms with Gasteiger partial charge >= 0.3 is 6.04 Å². The molecule has 142 valence electrons. The van der Waals surface area contributed by atoms with Crippen molar-refractivity contribution < 1.29 is 14.0 Å². The summed E-state index contributed by atoms with van der Waals surface area (Å²) >= 11 is 5.96. The van der Waals surface area contributed by atoms with Gasteiger partial charge in [-0.1, -0.05) is 48.9 Å². The standard InChI is InChI=1S/C21H22ClFN2O2/c1-13(15-5-7-17(22)8-6-15)11-25-12-16-4-2-14(3-9-19(23)26)10-18(16)20(25)21(24)27/h2,4-8,10,13,20H,3,9,11-12H2,1H3,(H2,24,27). The number of nitrogens with two attached hydrogens (primary N) is 1. The van der Waals surface area contributed by atoms with E-state index in [0.717, 1.165) is 22.3 Å². The highest BCUT2D eigenvalue weighted by Gasteiger charge is 2.35. The highest BCUT2D eigenvalue weighted by molar-refractivity contribution is 6.30. The summed E-state index contributed by atoms with van der Waals surface area (Å²) in [7, 11) is 0. The number of fused-ring (bicyclic) bond motifs is 1. The molecule has 1 aliphatic heterocycles. The largest absolute Gasteiger partial charge is 0.368 e. The Morgan fingerprint density at radius 3 is 2.59 bits per heavy atom. The van der Waals surface area contributed by atoms with Gasteiger partial charge in [-0.05, 0) is 46.7 Å². The van der Waals surface area contributed by atoms with Gasteiger partial charge in [0.15, 0.2) is 0 Å². The zero-order valence-electron chi connectivity index (χ0n) is 15.1. The highest BCUT2D eigenvalue weighted by Crippen LogP contribution is 2.36. The first kappa shape index (κ1) is 19.5. The fraction of sp³-hybridized carbons (Fsp3) is 0.333. The van der Waals surface area contributed by atoms with Gasteiger partial charge in [-0.2, -0.15) is 4.39 Å². The number of halogens is 2. The molecular formula is C21H22ClFN2O2. The number of aryl methyl sites for hydroxylation is 1. The van der Waals surface area contributed by atoms with Gasteiger partial charge in [0.05, 0.1) is 0 Å². The summed E-state index contributed by atoms with van der Waals surface area (Å²) in [6.07, 6.45) is 0.159. The van der Waals surface area contributed by atoms with Crippen LogP contribution in [0.15, 0.2) is 42.5 Å². The summed E-state index contributed by atoms with van der Waals surface area (Å²) in [6.45, 7) is 3.40. The van der Waals surface area contributed by atoms with Crippen LogP contribution in [0, 0.1) is 0 Å². The molecule has 0 spiro atoms. The third-order valence-electron chi connectivity index (χ3n) is 5.07. The van der Waals surface area contributed by atoms with E-state index in [9.17, 15) is 14.0 Å². The van der Waals surface area contributed by atoms with E-state index in [0.29, 0.717) is 24.5 Å². The second-order valence-corrected chi connectivity index (χ2v) is 7.51. The summed E-state index contributed by atoms with van der Waals surface area (Å²) in [4.78, 5) is 24.8. The molecule has 0 saturated heterocycles. The quantitative estimate of drug-likeness (QED) is 0.731. The number of amides is 1. The van der Waals surface area contributed by atoms with Gasteiger partial charge in [-0.15, -0.1) is 0 Å².